The van der Waals surface area contributed by atoms with Gasteiger partial charge in [-0.1, -0.05) is 12.1 Å². The number of halogens is 1. The zero-order valence-corrected chi connectivity index (χ0v) is 14.8. The van der Waals surface area contributed by atoms with Crippen molar-refractivity contribution in [1.29, 1.82) is 0 Å². The molecular weight excluding hydrogens is 321 g/mol. The Morgan fingerprint density at radius 1 is 1.08 bits per heavy atom. The van der Waals surface area contributed by atoms with E-state index < -0.39 is 0 Å². The molecule has 1 aromatic carbocycles. The van der Waals surface area contributed by atoms with E-state index in [2.05, 4.69) is 15.1 Å². The largest absolute Gasteiger partial charge is 0.379 e. The molecule has 2 saturated heterocycles. The molecule has 0 aliphatic carbocycles. The van der Waals surface area contributed by atoms with E-state index >= 15 is 0 Å². The maximum Gasteiger partial charge on any atom is 0.234 e. The number of benzene rings is 1. The van der Waals surface area contributed by atoms with E-state index in [9.17, 15) is 9.18 Å². The third-order valence-corrected chi connectivity index (χ3v) is 5.10. The van der Waals surface area contributed by atoms with Crippen molar-refractivity contribution >= 4 is 5.91 Å². The second kappa shape index (κ2) is 9.27. The number of hydrogen-bond acceptors (Lipinski definition) is 4. The predicted molar refractivity (Wildman–Crippen MR) is 94.7 cm³/mol. The van der Waals surface area contributed by atoms with Crippen molar-refractivity contribution in [2.24, 2.45) is 5.92 Å². The van der Waals surface area contributed by atoms with Gasteiger partial charge >= 0.3 is 0 Å². The monoisotopic (exact) mass is 349 g/mol. The van der Waals surface area contributed by atoms with Crippen molar-refractivity contribution in [3.8, 4) is 0 Å². The van der Waals surface area contributed by atoms with Crippen LogP contribution in [0.1, 0.15) is 18.4 Å². The molecule has 2 heterocycles. The molecular formula is C19H28FN3O2. The van der Waals surface area contributed by atoms with Crippen molar-refractivity contribution in [3.05, 3.63) is 35.6 Å². The number of carbonyl (C=O) groups excluding carboxylic acids is 1. The van der Waals surface area contributed by atoms with E-state index in [0.29, 0.717) is 13.1 Å². The van der Waals surface area contributed by atoms with Gasteiger partial charge in [0.15, 0.2) is 0 Å². The fraction of sp³-hybridized carbons (Fsp3) is 0.632. The number of amides is 1. The van der Waals surface area contributed by atoms with Crippen LogP contribution in [0.5, 0.6) is 0 Å². The average molecular weight is 349 g/mol. The van der Waals surface area contributed by atoms with Crippen LogP contribution >= 0.6 is 0 Å². The SMILES string of the molecule is O=C(CN1CCC(CN2CCOCC2)CC1)NCc1ccc(F)cc1. The molecule has 2 aliphatic heterocycles. The lowest BCUT2D eigenvalue weighted by atomic mass is 9.96. The zero-order chi connectivity index (χ0) is 17.5. The molecule has 0 spiro atoms. The summed E-state index contributed by atoms with van der Waals surface area (Å²) in [5.41, 5.74) is 0.916. The van der Waals surface area contributed by atoms with Gasteiger partial charge in [0.25, 0.3) is 0 Å². The highest BCUT2D eigenvalue weighted by molar-refractivity contribution is 5.78. The molecule has 1 N–H and O–H groups in total. The molecule has 0 aromatic heterocycles. The number of morpholine rings is 1. The van der Waals surface area contributed by atoms with E-state index in [0.717, 1.165) is 70.3 Å². The lowest BCUT2D eigenvalue weighted by Gasteiger charge is -2.35. The molecule has 138 valence electrons. The number of rotatable bonds is 6. The molecule has 0 atom stereocenters. The first kappa shape index (κ1) is 18.3. The van der Waals surface area contributed by atoms with Crippen molar-refractivity contribution in [1.82, 2.24) is 15.1 Å². The highest BCUT2D eigenvalue weighted by atomic mass is 19.1. The highest BCUT2D eigenvalue weighted by Gasteiger charge is 2.23. The summed E-state index contributed by atoms with van der Waals surface area (Å²) in [7, 11) is 0. The van der Waals surface area contributed by atoms with Gasteiger partial charge in [0.1, 0.15) is 5.82 Å². The number of carbonyl (C=O) groups is 1. The van der Waals surface area contributed by atoms with Crippen molar-refractivity contribution in [3.63, 3.8) is 0 Å². The van der Waals surface area contributed by atoms with Crippen LogP contribution in [0.15, 0.2) is 24.3 Å². The maximum atomic E-state index is 12.9. The first-order valence-corrected chi connectivity index (χ1v) is 9.22. The van der Waals surface area contributed by atoms with Crippen LogP contribution in [0, 0.1) is 11.7 Å². The Hall–Kier alpha value is -1.50. The summed E-state index contributed by atoms with van der Waals surface area (Å²) in [6, 6.07) is 6.24. The van der Waals surface area contributed by atoms with Gasteiger partial charge in [-0.3, -0.25) is 14.6 Å². The minimum atomic E-state index is -0.255. The van der Waals surface area contributed by atoms with Gasteiger partial charge in [-0.2, -0.15) is 0 Å². The Morgan fingerprint density at radius 3 is 2.44 bits per heavy atom. The third-order valence-electron chi connectivity index (χ3n) is 5.10. The first-order chi connectivity index (χ1) is 12.2. The normalized spacial score (nSPS) is 20.5. The van der Waals surface area contributed by atoms with Gasteiger partial charge in [0.05, 0.1) is 19.8 Å². The lowest BCUT2D eigenvalue weighted by Crippen LogP contribution is -2.45. The van der Waals surface area contributed by atoms with Crippen molar-refractivity contribution in [2.75, 3.05) is 52.5 Å². The summed E-state index contributed by atoms with van der Waals surface area (Å²) in [6.45, 7) is 7.84. The van der Waals surface area contributed by atoms with Crippen LogP contribution < -0.4 is 5.32 Å². The van der Waals surface area contributed by atoms with Crippen molar-refractivity contribution < 1.29 is 13.9 Å². The smallest absolute Gasteiger partial charge is 0.234 e. The molecule has 1 amide bonds. The quantitative estimate of drug-likeness (QED) is 0.845. The van der Waals surface area contributed by atoms with Crippen LogP contribution in [0.2, 0.25) is 0 Å². The van der Waals surface area contributed by atoms with Crippen LogP contribution in [0.3, 0.4) is 0 Å². The molecule has 0 radical (unpaired) electrons. The number of piperidine rings is 1. The molecule has 25 heavy (non-hydrogen) atoms. The molecule has 0 unspecified atom stereocenters. The number of likely N-dealkylation sites (tertiary alicyclic amines) is 1. The van der Waals surface area contributed by atoms with Gasteiger partial charge in [-0.15, -0.1) is 0 Å². The minimum Gasteiger partial charge on any atom is -0.379 e. The van der Waals surface area contributed by atoms with Crippen LogP contribution in [0.4, 0.5) is 4.39 Å². The van der Waals surface area contributed by atoms with Crippen LogP contribution in [-0.4, -0.2) is 68.2 Å². The number of hydrogen-bond donors (Lipinski definition) is 1. The molecule has 0 bridgehead atoms. The van der Waals surface area contributed by atoms with E-state index in [1.807, 2.05) is 0 Å². The second-order valence-electron chi connectivity index (χ2n) is 7.04. The third kappa shape index (κ3) is 6.06. The lowest BCUT2D eigenvalue weighted by molar-refractivity contribution is -0.122. The maximum absolute atomic E-state index is 12.9. The molecule has 0 saturated carbocycles. The molecule has 6 heteroatoms. The van der Waals surface area contributed by atoms with E-state index in [-0.39, 0.29) is 11.7 Å². The standard InChI is InChI=1S/C19H28FN3O2/c20-18-3-1-16(2-4-18)13-21-19(24)15-22-7-5-17(6-8-22)14-23-9-11-25-12-10-23/h1-4,17H,5-15H2,(H,21,24). The predicted octanol–water partition coefficient (Wildman–Crippen LogP) is 1.49. The zero-order valence-electron chi connectivity index (χ0n) is 14.8. The van der Waals surface area contributed by atoms with E-state index in [1.165, 1.54) is 12.1 Å². The van der Waals surface area contributed by atoms with Crippen LogP contribution in [-0.2, 0) is 16.1 Å². The molecule has 1 aromatic rings. The molecule has 5 nitrogen and oxygen atoms in total. The van der Waals surface area contributed by atoms with Crippen LogP contribution in [0.25, 0.3) is 0 Å². The van der Waals surface area contributed by atoms with Gasteiger partial charge < -0.3 is 10.1 Å². The summed E-state index contributed by atoms with van der Waals surface area (Å²) in [5.74, 6) is 0.516. The molecule has 3 rings (SSSR count). The summed E-state index contributed by atoms with van der Waals surface area (Å²) in [5, 5.41) is 2.92. The minimum absolute atomic E-state index is 0.0379. The first-order valence-electron chi connectivity index (χ1n) is 9.22. The second-order valence-corrected chi connectivity index (χ2v) is 7.04. The Kier molecular flexibility index (Phi) is 6.78. The summed E-state index contributed by atoms with van der Waals surface area (Å²) >= 11 is 0. The Bertz CT molecular complexity index is 538. The number of nitrogens with one attached hydrogen (secondary N) is 1. The van der Waals surface area contributed by atoms with Crippen molar-refractivity contribution in [2.45, 2.75) is 19.4 Å². The van der Waals surface area contributed by atoms with Gasteiger partial charge in [-0.25, -0.2) is 4.39 Å². The average Bonchev–Trinajstić information content (AvgIpc) is 2.64. The Balaban J connectivity index is 1.32. The van der Waals surface area contributed by atoms with Gasteiger partial charge in [0, 0.05) is 26.2 Å². The summed E-state index contributed by atoms with van der Waals surface area (Å²) < 4.78 is 18.3. The fourth-order valence-corrected chi connectivity index (χ4v) is 3.54. The molecule has 2 aliphatic rings. The van der Waals surface area contributed by atoms with Gasteiger partial charge in [0.2, 0.25) is 5.91 Å². The Labute approximate surface area is 149 Å². The van der Waals surface area contributed by atoms with Gasteiger partial charge in [-0.05, 0) is 49.5 Å². The number of ether oxygens (including phenoxy) is 1. The summed E-state index contributed by atoms with van der Waals surface area (Å²) in [4.78, 5) is 16.8. The molecule has 2 fully saturated rings. The Morgan fingerprint density at radius 2 is 1.76 bits per heavy atom. The fourth-order valence-electron chi connectivity index (χ4n) is 3.54. The topological polar surface area (TPSA) is 44.8 Å². The summed E-state index contributed by atoms with van der Waals surface area (Å²) in [6.07, 6.45) is 2.31. The van der Waals surface area contributed by atoms with E-state index in [4.69, 9.17) is 4.74 Å². The van der Waals surface area contributed by atoms with E-state index in [1.54, 1.807) is 12.1 Å². The number of nitrogens with zero attached hydrogens (tertiary/aromatic N) is 2. The highest BCUT2D eigenvalue weighted by Crippen LogP contribution is 2.18.